The summed E-state index contributed by atoms with van der Waals surface area (Å²) in [5, 5.41) is 7.45. The zero-order valence-electron chi connectivity index (χ0n) is 15.6. The molecule has 1 spiro atoms. The van der Waals surface area contributed by atoms with Crippen LogP contribution < -0.4 is 4.74 Å². The number of hydrogen-bond acceptors (Lipinski definition) is 3. The van der Waals surface area contributed by atoms with Crippen molar-refractivity contribution in [3.05, 3.63) is 65.2 Å². The second-order valence-corrected chi connectivity index (χ2v) is 8.25. The van der Waals surface area contributed by atoms with E-state index in [2.05, 4.69) is 67.4 Å². The number of nitrogens with zero attached hydrogens (tertiary/aromatic N) is 2. The lowest BCUT2D eigenvalue weighted by Gasteiger charge is -2.50. The first-order valence-electron chi connectivity index (χ1n) is 9.86. The molecule has 0 bridgehead atoms. The van der Waals surface area contributed by atoms with Gasteiger partial charge in [-0.05, 0) is 37.3 Å². The molecule has 2 aromatic rings. The Balaban J connectivity index is 1.57. The summed E-state index contributed by atoms with van der Waals surface area (Å²) < 4.78 is 6.64. The van der Waals surface area contributed by atoms with Gasteiger partial charge in [0.2, 0.25) is 0 Å². The third kappa shape index (κ3) is 2.45. The van der Waals surface area contributed by atoms with Gasteiger partial charge in [-0.25, -0.2) is 5.01 Å². The van der Waals surface area contributed by atoms with Crippen molar-refractivity contribution < 1.29 is 4.74 Å². The average Bonchev–Trinajstić information content (AvgIpc) is 3.12. The highest BCUT2D eigenvalue weighted by Gasteiger charge is 2.51. The number of fused-ring (bicyclic) bond motifs is 4. The number of para-hydroxylation sites is 1. The highest BCUT2D eigenvalue weighted by Crippen LogP contribution is 2.51. The van der Waals surface area contributed by atoms with Gasteiger partial charge in [-0.1, -0.05) is 55.0 Å². The largest absolute Gasteiger partial charge is 0.466 e. The molecule has 5 rings (SSSR count). The Bertz CT molecular complexity index is 847. The minimum absolute atomic E-state index is 0.266. The number of rotatable bonds is 1. The van der Waals surface area contributed by atoms with E-state index >= 15 is 0 Å². The molecule has 1 atom stereocenters. The molecule has 0 amide bonds. The Morgan fingerprint density at radius 2 is 1.77 bits per heavy atom. The molecular formula is C23H26N2O. The van der Waals surface area contributed by atoms with E-state index in [0.29, 0.717) is 6.04 Å². The first-order valence-corrected chi connectivity index (χ1v) is 9.86. The number of hydrogen-bond donors (Lipinski definition) is 0. The van der Waals surface area contributed by atoms with Gasteiger partial charge in [0.15, 0.2) is 5.72 Å². The first kappa shape index (κ1) is 15.9. The summed E-state index contributed by atoms with van der Waals surface area (Å²) in [6, 6.07) is 17.6. The molecule has 1 aliphatic carbocycles. The lowest BCUT2D eigenvalue weighted by molar-refractivity contribution is -0.145. The predicted octanol–water partition coefficient (Wildman–Crippen LogP) is 5.44. The minimum Gasteiger partial charge on any atom is -0.466 e. The summed E-state index contributed by atoms with van der Waals surface area (Å²) in [4.78, 5) is 0. The molecule has 3 heteroatoms. The molecule has 134 valence electrons. The molecule has 1 saturated carbocycles. The van der Waals surface area contributed by atoms with Crippen molar-refractivity contribution in [3.63, 3.8) is 0 Å². The van der Waals surface area contributed by atoms with Gasteiger partial charge in [0, 0.05) is 24.8 Å². The summed E-state index contributed by atoms with van der Waals surface area (Å²) in [6.45, 7) is 4.48. The van der Waals surface area contributed by atoms with Gasteiger partial charge >= 0.3 is 0 Å². The van der Waals surface area contributed by atoms with Crippen LogP contribution in [0.25, 0.3) is 0 Å². The van der Waals surface area contributed by atoms with Gasteiger partial charge in [0.25, 0.3) is 0 Å². The van der Waals surface area contributed by atoms with Crippen LogP contribution in [0.5, 0.6) is 5.75 Å². The zero-order valence-corrected chi connectivity index (χ0v) is 15.6. The molecule has 2 aromatic carbocycles. The Kier molecular flexibility index (Phi) is 3.59. The maximum absolute atomic E-state index is 6.64. The number of aryl methyl sites for hydroxylation is 1. The van der Waals surface area contributed by atoms with E-state index in [9.17, 15) is 0 Å². The van der Waals surface area contributed by atoms with Gasteiger partial charge in [0.1, 0.15) is 5.75 Å². The normalized spacial score (nSPS) is 29.8. The van der Waals surface area contributed by atoms with Crippen molar-refractivity contribution in [2.45, 2.75) is 57.7 Å². The second-order valence-electron chi connectivity index (χ2n) is 8.25. The lowest BCUT2D eigenvalue weighted by Crippen LogP contribution is -2.55. The van der Waals surface area contributed by atoms with Crippen LogP contribution in [0.4, 0.5) is 0 Å². The molecule has 26 heavy (non-hydrogen) atoms. The van der Waals surface area contributed by atoms with E-state index in [1.165, 1.54) is 35.2 Å². The van der Waals surface area contributed by atoms with Crippen molar-refractivity contribution in [1.29, 1.82) is 0 Å². The van der Waals surface area contributed by atoms with Gasteiger partial charge in [-0.2, -0.15) is 5.10 Å². The van der Waals surface area contributed by atoms with Gasteiger partial charge in [-0.15, -0.1) is 0 Å². The Morgan fingerprint density at radius 1 is 1.04 bits per heavy atom. The van der Waals surface area contributed by atoms with E-state index in [1.807, 2.05) is 0 Å². The fourth-order valence-corrected chi connectivity index (χ4v) is 4.69. The first-order chi connectivity index (χ1) is 12.6. The second kappa shape index (κ2) is 5.87. The molecule has 3 aliphatic rings. The van der Waals surface area contributed by atoms with Crippen LogP contribution in [0.3, 0.4) is 0 Å². The number of hydrazone groups is 1. The summed E-state index contributed by atoms with van der Waals surface area (Å²) in [5.41, 5.74) is 4.73. The van der Waals surface area contributed by atoms with E-state index in [-0.39, 0.29) is 5.72 Å². The molecule has 0 saturated heterocycles. The van der Waals surface area contributed by atoms with Crippen LogP contribution in [-0.4, -0.2) is 16.4 Å². The highest BCUT2D eigenvalue weighted by molar-refractivity contribution is 6.02. The summed E-state index contributed by atoms with van der Waals surface area (Å²) in [5.74, 6) is 1.84. The fourth-order valence-electron chi connectivity index (χ4n) is 4.69. The molecular weight excluding hydrogens is 320 g/mol. The predicted molar refractivity (Wildman–Crippen MR) is 104 cm³/mol. The van der Waals surface area contributed by atoms with Gasteiger partial charge in [-0.3, -0.25) is 0 Å². The van der Waals surface area contributed by atoms with Crippen molar-refractivity contribution in [2.75, 3.05) is 0 Å². The smallest absolute Gasteiger partial charge is 0.198 e. The van der Waals surface area contributed by atoms with Crippen LogP contribution in [0.1, 0.15) is 61.8 Å². The standard InChI is InChI=1S/C23H26N2O/c1-16-7-9-18(10-8-16)20-15-21-19-5-3-4-6-22(19)26-23(25(21)24-20)13-11-17(2)12-14-23/h3-10,17,21H,11-15H2,1-2H3. The SMILES string of the molecule is Cc1ccc(C2=NN3C(C2)c2ccccc2OC32CCC(C)CC2)cc1. The molecule has 3 nitrogen and oxygen atoms in total. The minimum atomic E-state index is -0.266. The van der Waals surface area contributed by atoms with Crippen molar-refractivity contribution >= 4 is 5.71 Å². The van der Waals surface area contributed by atoms with E-state index in [1.54, 1.807) is 0 Å². The highest BCUT2D eigenvalue weighted by atomic mass is 16.5. The van der Waals surface area contributed by atoms with Crippen molar-refractivity contribution in [2.24, 2.45) is 11.0 Å². The van der Waals surface area contributed by atoms with Crippen LogP contribution in [-0.2, 0) is 0 Å². The van der Waals surface area contributed by atoms with E-state index in [4.69, 9.17) is 9.84 Å². The Labute approximate surface area is 155 Å². The molecule has 0 radical (unpaired) electrons. The summed E-state index contributed by atoms with van der Waals surface area (Å²) >= 11 is 0. The quantitative estimate of drug-likeness (QED) is 0.686. The fraction of sp³-hybridized carbons (Fsp3) is 0.435. The molecule has 0 N–H and O–H groups in total. The molecule has 0 aromatic heterocycles. The Hall–Kier alpha value is -2.29. The molecule has 1 fully saturated rings. The molecule has 2 aliphatic heterocycles. The molecule has 2 heterocycles. The van der Waals surface area contributed by atoms with Crippen molar-refractivity contribution in [1.82, 2.24) is 5.01 Å². The topological polar surface area (TPSA) is 24.8 Å². The maximum atomic E-state index is 6.64. The van der Waals surface area contributed by atoms with E-state index in [0.717, 1.165) is 30.9 Å². The number of ether oxygens (including phenoxy) is 1. The summed E-state index contributed by atoms with van der Waals surface area (Å²) in [7, 11) is 0. The van der Waals surface area contributed by atoms with E-state index < -0.39 is 0 Å². The van der Waals surface area contributed by atoms with Crippen LogP contribution in [0.2, 0.25) is 0 Å². The van der Waals surface area contributed by atoms with Crippen LogP contribution >= 0.6 is 0 Å². The van der Waals surface area contributed by atoms with Crippen molar-refractivity contribution in [3.8, 4) is 5.75 Å². The zero-order chi connectivity index (χ0) is 17.7. The number of benzene rings is 2. The van der Waals surface area contributed by atoms with Gasteiger partial charge in [0.05, 0.1) is 11.8 Å². The monoisotopic (exact) mass is 346 g/mol. The third-order valence-electron chi connectivity index (χ3n) is 6.35. The van der Waals surface area contributed by atoms with Crippen LogP contribution in [0, 0.1) is 12.8 Å². The van der Waals surface area contributed by atoms with Crippen LogP contribution in [0.15, 0.2) is 53.6 Å². The third-order valence-corrected chi connectivity index (χ3v) is 6.35. The summed E-state index contributed by atoms with van der Waals surface area (Å²) in [6.07, 6.45) is 5.50. The maximum Gasteiger partial charge on any atom is 0.198 e. The Morgan fingerprint density at radius 3 is 2.54 bits per heavy atom. The molecule has 1 unspecified atom stereocenters. The lowest BCUT2D eigenvalue weighted by atomic mass is 9.82. The van der Waals surface area contributed by atoms with Gasteiger partial charge < -0.3 is 4.74 Å². The average molecular weight is 346 g/mol.